The summed E-state index contributed by atoms with van der Waals surface area (Å²) in [6, 6.07) is 0. The molecule has 12 heavy (non-hydrogen) atoms. The van der Waals surface area contributed by atoms with E-state index >= 15 is 0 Å². The third kappa shape index (κ3) is 3.01. The van der Waals surface area contributed by atoms with Gasteiger partial charge in [0, 0.05) is 0 Å². The summed E-state index contributed by atoms with van der Waals surface area (Å²) in [4.78, 5) is 0. The average Bonchev–Trinajstić information content (AvgIpc) is 2.32. The molecule has 1 unspecified atom stereocenters. The number of alkyl halides is 3. The zero-order valence-electron chi connectivity index (χ0n) is 6.77. The lowest BCUT2D eigenvalue weighted by Crippen LogP contribution is -2.25. The molecule has 1 N–H and O–H groups in total. The highest BCUT2D eigenvalue weighted by Crippen LogP contribution is 2.33. The Labute approximate surface area is 69.6 Å². The topological polar surface area (TPSA) is 20.2 Å². The van der Waals surface area contributed by atoms with Gasteiger partial charge in [-0.25, -0.2) is 0 Å². The molecular formula is C8H13F3O. The van der Waals surface area contributed by atoms with Gasteiger partial charge in [0.25, 0.3) is 0 Å². The Morgan fingerprint density at radius 3 is 2.17 bits per heavy atom. The lowest BCUT2D eigenvalue weighted by molar-refractivity contribution is -0.159. The van der Waals surface area contributed by atoms with Crippen molar-refractivity contribution >= 4 is 0 Å². The minimum Gasteiger partial charge on any atom is -0.392 e. The lowest BCUT2D eigenvalue weighted by Gasteiger charge is -2.18. The van der Waals surface area contributed by atoms with E-state index in [-0.39, 0.29) is 5.92 Å². The standard InChI is InChI=1S/C8H13F3O/c9-8(10,11)5-7(12)6-3-1-2-4-6/h6-7,12H,1-5H2. The van der Waals surface area contributed by atoms with E-state index in [1.807, 2.05) is 0 Å². The molecule has 1 rings (SSSR count). The highest BCUT2D eigenvalue weighted by atomic mass is 19.4. The van der Waals surface area contributed by atoms with Crippen LogP contribution in [0.15, 0.2) is 0 Å². The third-order valence-corrected chi connectivity index (χ3v) is 2.38. The van der Waals surface area contributed by atoms with Gasteiger partial charge in [-0.2, -0.15) is 13.2 Å². The van der Waals surface area contributed by atoms with Gasteiger partial charge in [0.15, 0.2) is 0 Å². The molecule has 0 aromatic rings. The molecule has 0 heterocycles. The number of aliphatic hydroxyl groups is 1. The minimum atomic E-state index is -4.22. The van der Waals surface area contributed by atoms with Gasteiger partial charge in [-0.1, -0.05) is 12.8 Å². The van der Waals surface area contributed by atoms with Crippen molar-refractivity contribution in [1.29, 1.82) is 0 Å². The fourth-order valence-electron chi connectivity index (χ4n) is 1.75. The van der Waals surface area contributed by atoms with E-state index in [9.17, 15) is 13.2 Å². The maximum atomic E-state index is 11.8. The van der Waals surface area contributed by atoms with E-state index in [2.05, 4.69) is 0 Å². The molecule has 0 aromatic carbocycles. The van der Waals surface area contributed by atoms with Crippen molar-refractivity contribution in [2.24, 2.45) is 5.92 Å². The van der Waals surface area contributed by atoms with Crippen LogP contribution in [0.4, 0.5) is 13.2 Å². The molecule has 1 aliphatic carbocycles. The van der Waals surface area contributed by atoms with Gasteiger partial charge in [0.05, 0.1) is 12.5 Å². The molecule has 4 heteroatoms. The molecule has 1 aliphatic rings. The monoisotopic (exact) mass is 182 g/mol. The predicted octanol–water partition coefficient (Wildman–Crippen LogP) is 2.49. The number of hydrogen-bond donors (Lipinski definition) is 1. The number of halogens is 3. The van der Waals surface area contributed by atoms with Crippen LogP contribution in [0.25, 0.3) is 0 Å². The Bertz CT molecular complexity index is 138. The van der Waals surface area contributed by atoms with Crippen molar-refractivity contribution in [2.75, 3.05) is 0 Å². The first kappa shape index (κ1) is 9.84. The first-order valence-corrected chi connectivity index (χ1v) is 4.24. The van der Waals surface area contributed by atoms with E-state index in [1.165, 1.54) is 0 Å². The first-order valence-electron chi connectivity index (χ1n) is 4.24. The van der Waals surface area contributed by atoms with Gasteiger partial charge < -0.3 is 5.11 Å². The second kappa shape index (κ2) is 3.64. The van der Waals surface area contributed by atoms with Gasteiger partial charge >= 0.3 is 6.18 Å². The van der Waals surface area contributed by atoms with Gasteiger partial charge in [-0.3, -0.25) is 0 Å². The smallest absolute Gasteiger partial charge is 0.391 e. The molecule has 0 aliphatic heterocycles. The number of hydrogen-bond acceptors (Lipinski definition) is 1. The molecule has 0 saturated heterocycles. The summed E-state index contributed by atoms with van der Waals surface area (Å²) in [6.45, 7) is 0. The SMILES string of the molecule is OC(CC(F)(F)F)C1CCCC1. The van der Waals surface area contributed by atoms with Crippen LogP contribution in [0.1, 0.15) is 32.1 Å². The van der Waals surface area contributed by atoms with E-state index in [4.69, 9.17) is 5.11 Å². The van der Waals surface area contributed by atoms with Crippen LogP contribution in [0.2, 0.25) is 0 Å². The molecule has 1 fully saturated rings. The summed E-state index contributed by atoms with van der Waals surface area (Å²) in [6.07, 6.45) is -3.03. The molecule has 0 bridgehead atoms. The fraction of sp³-hybridized carbons (Fsp3) is 1.00. The quantitative estimate of drug-likeness (QED) is 0.695. The molecular weight excluding hydrogens is 169 g/mol. The van der Waals surface area contributed by atoms with Crippen LogP contribution < -0.4 is 0 Å². The van der Waals surface area contributed by atoms with E-state index in [0.717, 1.165) is 25.7 Å². The zero-order chi connectivity index (χ0) is 9.19. The third-order valence-electron chi connectivity index (χ3n) is 2.38. The number of aliphatic hydroxyl groups excluding tert-OH is 1. The predicted molar refractivity (Wildman–Crippen MR) is 38.6 cm³/mol. The van der Waals surface area contributed by atoms with Crippen molar-refractivity contribution < 1.29 is 18.3 Å². The van der Waals surface area contributed by atoms with Gasteiger partial charge in [0.2, 0.25) is 0 Å². The van der Waals surface area contributed by atoms with Crippen LogP contribution in [-0.4, -0.2) is 17.4 Å². The van der Waals surface area contributed by atoms with Crippen molar-refractivity contribution in [3.8, 4) is 0 Å². The normalized spacial score (nSPS) is 23.0. The second-order valence-electron chi connectivity index (χ2n) is 3.43. The van der Waals surface area contributed by atoms with Crippen LogP contribution >= 0.6 is 0 Å². The van der Waals surface area contributed by atoms with Crippen LogP contribution in [-0.2, 0) is 0 Å². The lowest BCUT2D eigenvalue weighted by atomic mass is 9.98. The Morgan fingerprint density at radius 1 is 1.25 bits per heavy atom. The molecule has 1 saturated carbocycles. The zero-order valence-corrected chi connectivity index (χ0v) is 6.77. The molecule has 0 amide bonds. The van der Waals surface area contributed by atoms with E-state index in [0.29, 0.717) is 0 Å². The maximum Gasteiger partial charge on any atom is 0.391 e. The highest BCUT2D eigenvalue weighted by molar-refractivity contribution is 4.76. The van der Waals surface area contributed by atoms with Crippen LogP contribution in [0, 0.1) is 5.92 Å². The Kier molecular flexibility index (Phi) is 2.99. The summed E-state index contributed by atoms with van der Waals surface area (Å²) < 4.78 is 35.4. The molecule has 0 spiro atoms. The molecule has 72 valence electrons. The summed E-state index contributed by atoms with van der Waals surface area (Å²) in [5.74, 6) is -0.119. The average molecular weight is 182 g/mol. The van der Waals surface area contributed by atoms with Gasteiger partial charge in [0.1, 0.15) is 0 Å². The van der Waals surface area contributed by atoms with Crippen molar-refractivity contribution in [2.45, 2.75) is 44.4 Å². The number of rotatable bonds is 2. The summed E-state index contributed by atoms with van der Waals surface area (Å²) >= 11 is 0. The van der Waals surface area contributed by atoms with Crippen molar-refractivity contribution in [3.05, 3.63) is 0 Å². The molecule has 0 aromatic heterocycles. The minimum absolute atomic E-state index is 0.119. The van der Waals surface area contributed by atoms with E-state index < -0.39 is 18.7 Å². The van der Waals surface area contributed by atoms with Gasteiger partial charge in [-0.15, -0.1) is 0 Å². The maximum absolute atomic E-state index is 11.8. The summed E-state index contributed by atoms with van der Waals surface area (Å²) in [5.41, 5.74) is 0. The largest absolute Gasteiger partial charge is 0.392 e. The summed E-state index contributed by atoms with van der Waals surface area (Å²) in [5, 5.41) is 9.16. The second-order valence-corrected chi connectivity index (χ2v) is 3.43. The Balaban J connectivity index is 2.31. The van der Waals surface area contributed by atoms with Crippen LogP contribution in [0.3, 0.4) is 0 Å². The van der Waals surface area contributed by atoms with Crippen LogP contribution in [0.5, 0.6) is 0 Å². The molecule has 1 atom stereocenters. The summed E-state index contributed by atoms with van der Waals surface area (Å²) in [7, 11) is 0. The Morgan fingerprint density at radius 2 is 1.75 bits per heavy atom. The van der Waals surface area contributed by atoms with Crippen molar-refractivity contribution in [1.82, 2.24) is 0 Å². The Hall–Kier alpha value is -0.250. The van der Waals surface area contributed by atoms with Gasteiger partial charge in [-0.05, 0) is 18.8 Å². The van der Waals surface area contributed by atoms with Crippen molar-refractivity contribution in [3.63, 3.8) is 0 Å². The fourth-order valence-corrected chi connectivity index (χ4v) is 1.75. The molecule has 0 radical (unpaired) electrons. The van der Waals surface area contributed by atoms with E-state index in [1.54, 1.807) is 0 Å². The first-order chi connectivity index (χ1) is 5.49. The molecule has 1 nitrogen and oxygen atoms in total. The highest BCUT2D eigenvalue weighted by Gasteiger charge is 2.35.